The summed E-state index contributed by atoms with van der Waals surface area (Å²) in [5.74, 6) is 0.903. The van der Waals surface area contributed by atoms with Gasteiger partial charge in [0.05, 0.1) is 10.4 Å². The molecule has 3 aromatic carbocycles. The third kappa shape index (κ3) is 4.28. The van der Waals surface area contributed by atoms with Crippen molar-refractivity contribution in [3.05, 3.63) is 96.2 Å². The summed E-state index contributed by atoms with van der Waals surface area (Å²) in [6.07, 6.45) is 4.03. The van der Waals surface area contributed by atoms with Crippen LogP contribution in [0, 0.1) is 0 Å². The van der Waals surface area contributed by atoms with Gasteiger partial charge in [0.2, 0.25) is 0 Å². The third-order valence-electron chi connectivity index (χ3n) is 6.51. The number of ether oxygens (including phenoxy) is 1. The molecule has 5 nitrogen and oxygen atoms in total. The molecule has 4 aromatic rings. The minimum absolute atomic E-state index is 0.173. The molecule has 1 aliphatic rings. The second kappa shape index (κ2) is 9.04. The van der Waals surface area contributed by atoms with Crippen molar-refractivity contribution in [1.82, 2.24) is 9.29 Å². The molecule has 0 spiro atoms. The molecule has 0 amide bonds. The van der Waals surface area contributed by atoms with Crippen molar-refractivity contribution in [3.63, 3.8) is 0 Å². The summed E-state index contributed by atoms with van der Waals surface area (Å²) in [6.45, 7) is 3.64. The first-order chi connectivity index (χ1) is 16.0. The quantitative estimate of drug-likeness (QED) is 0.406. The van der Waals surface area contributed by atoms with Crippen molar-refractivity contribution < 1.29 is 13.2 Å². The van der Waals surface area contributed by atoms with Crippen molar-refractivity contribution in [2.24, 2.45) is 0 Å². The highest BCUT2D eigenvalue weighted by molar-refractivity contribution is 7.90. The molecule has 2 atom stereocenters. The minimum Gasteiger partial charge on any atom is -0.489 e. The number of nitrogens with one attached hydrogen (secondary N) is 1. The normalized spacial score (nSPS) is 17.3. The first-order valence-corrected chi connectivity index (χ1v) is 12.8. The summed E-state index contributed by atoms with van der Waals surface area (Å²) in [5, 5.41) is 4.49. The smallest absolute Gasteiger partial charge is 0.268 e. The van der Waals surface area contributed by atoms with Gasteiger partial charge in [0.1, 0.15) is 12.4 Å². The highest BCUT2D eigenvalue weighted by atomic mass is 32.2. The summed E-state index contributed by atoms with van der Waals surface area (Å²) < 4.78 is 34.5. The first kappa shape index (κ1) is 21.7. The molecule has 1 saturated heterocycles. The van der Waals surface area contributed by atoms with Crippen LogP contribution in [0.25, 0.3) is 10.9 Å². The van der Waals surface area contributed by atoms with Crippen molar-refractivity contribution in [3.8, 4) is 5.75 Å². The topological polar surface area (TPSA) is 60.3 Å². The Kier molecular flexibility index (Phi) is 5.96. The summed E-state index contributed by atoms with van der Waals surface area (Å²) in [4.78, 5) is 0.282. The maximum absolute atomic E-state index is 13.5. The Morgan fingerprint density at radius 3 is 2.45 bits per heavy atom. The fraction of sp³-hybridized carbons (Fsp3) is 0.259. The number of hydrogen-bond acceptors (Lipinski definition) is 4. The maximum Gasteiger partial charge on any atom is 0.268 e. The Labute approximate surface area is 195 Å². The predicted octanol–water partition coefficient (Wildman–Crippen LogP) is 5.31. The number of fused-ring (bicyclic) bond motifs is 1. The van der Waals surface area contributed by atoms with E-state index < -0.39 is 10.0 Å². The Hall–Kier alpha value is -3.09. The van der Waals surface area contributed by atoms with Gasteiger partial charge in [-0.15, -0.1) is 0 Å². The molecule has 0 saturated carbocycles. The van der Waals surface area contributed by atoms with Crippen LogP contribution in [-0.2, 0) is 16.6 Å². The second-order valence-corrected chi connectivity index (χ2v) is 10.5. The molecule has 0 radical (unpaired) electrons. The van der Waals surface area contributed by atoms with Crippen LogP contribution < -0.4 is 10.1 Å². The zero-order chi connectivity index (χ0) is 22.8. The van der Waals surface area contributed by atoms with Crippen molar-refractivity contribution in [2.45, 2.75) is 43.2 Å². The fourth-order valence-electron chi connectivity index (χ4n) is 4.66. The molecule has 2 heterocycles. The summed E-state index contributed by atoms with van der Waals surface area (Å²) >= 11 is 0. The van der Waals surface area contributed by atoms with Crippen LogP contribution in [0.3, 0.4) is 0 Å². The standard InChI is InChI=1S/C27H28N2O3S/c1-20(26-13-8-16-28-26)25-18-29(33(30,31)23-11-6-3-7-12-23)27-15-14-22(17-24(25)27)32-19-21-9-4-2-5-10-21/h2-7,9-12,14-15,17-18,20,26,28H,8,13,16,19H2,1H3. The van der Waals surface area contributed by atoms with Crippen molar-refractivity contribution in [1.29, 1.82) is 0 Å². The molecule has 1 aromatic heterocycles. The molecule has 1 fully saturated rings. The van der Waals surface area contributed by atoms with Gasteiger partial charge in [-0.1, -0.05) is 55.5 Å². The summed E-state index contributed by atoms with van der Waals surface area (Å²) in [5.41, 5.74) is 2.78. The molecule has 170 valence electrons. The van der Waals surface area contributed by atoms with E-state index in [2.05, 4.69) is 12.2 Å². The average molecular weight is 461 g/mol. The van der Waals surface area contributed by atoms with Gasteiger partial charge in [0.25, 0.3) is 10.0 Å². The van der Waals surface area contributed by atoms with Crippen molar-refractivity contribution in [2.75, 3.05) is 6.54 Å². The highest BCUT2D eigenvalue weighted by Gasteiger charge is 2.28. The largest absolute Gasteiger partial charge is 0.489 e. The van der Waals surface area contributed by atoms with Gasteiger partial charge in [0, 0.05) is 17.6 Å². The lowest BCUT2D eigenvalue weighted by molar-refractivity contribution is 0.306. The van der Waals surface area contributed by atoms with Gasteiger partial charge in [-0.25, -0.2) is 12.4 Å². The Morgan fingerprint density at radius 1 is 1.03 bits per heavy atom. The van der Waals surface area contributed by atoms with Crippen LogP contribution in [0.1, 0.15) is 36.8 Å². The number of aromatic nitrogens is 1. The Morgan fingerprint density at radius 2 is 1.76 bits per heavy atom. The molecule has 1 aliphatic heterocycles. The SMILES string of the molecule is CC(c1cn(S(=O)(=O)c2ccccc2)c2ccc(OCc3ccccc3)cc12)C1CCCN1. The van der Waals surface area contributed by atoms with E-state index in [9.17, 15) is 8.42 Å². The molecular formula is C27H28N2O3S. The monoisotopic (exact) mass is 460 g/mol. The minimum atomic E-state index is -3.71. The molecule has 0 bridgehead atoms. The average Bonchev–Trinajstić information content (AvgIpc) is 3.52. The molecule has 0 aliphatic carbocycles. The van der Waals surface area contributed by atoms with Gasteiger partial charge in [-0.05, 0) is 66.8 Å². The van der Waals surface area contributed by atoms with Crippen LogP contribution >= 0.6 is 0 Å². The molecule has 5 rings (SSSR count). The molecule has 1 N–H and O–H groups in total. The van der Waals surface area contributed by atoms with E-state index in [-0.39, 0.29) is 10.8 Å². The van der Waals surface area contributed by atoms with E-state index in [0.29, 0.717) is 18.2 Å². The number of benzene rings is 3. The van der Waals surface area contributed by atoms with Gasteiger partial charge in [0.15, 0.2) is 0 Å². The zero-order valence-electron chi connectivity index (χ0n) is 18.6. The van der Waals surface area contributed by atoms with Gasteiger partial charge in [-0.2, -0.15) is 0 Å². The fourth-order valence-corrected chi connectivity index (χ4v) is 6.06. The molecule has 6 heteroatoms. The first-order valence-electron chi connectivity index (χ1n) is 11.4. The van der Waals surface area contributed by atoms with E-state index in [1.54, 1.807) is 30.5 Å². The van der Waals surface area contributed by atoms with Gasteiger partial charge >= 0.3 is 0 Å². The van der Waals surface area contributed by atoms with Crippen LogP contribution in [0.5, 0.6) is 5.75 Å². The maximum atomic E-state index is 13.5. The third-order valence-corrected chi connectivity index (χ3v) is 8.20. The lowest BCUT2D eigenvalue weighted by atomic mass is 9.92. The van der Waals surface area contributed by atoms with Crippen LogP contribution in [-0.4, -0.2) is 25.0 Å². The Balaban J connectivity index is 1.58. The zero-order valence-corrected chi connectivity index (χ0v) is 19.5. The van der Waals surface area contributed by atoms with Crippen LogP contribution in [0.4, 0.5) is 0 Å². The highest BCUT2D eigenvalue weighted by Crippen LogP contribution is 2.36. The predicted molar refractivity (Wildman–Crippen MR) is 131 cm³/mol. The molecule has 2 unspecified atom stereocenters. The van der Waals surface area contributed by atoms with Crippen LogP contribution in [0.2, 0.25) is 0 Å². The number of nitrogens with zero attached hydrogens (tertiary/aromatic N) is 1. The number of rotatable bonds is 7. The lowest BCUT2D eigenvalue weighted by Gasteiger charge is -2.19. The van der Waals surface area contributed by atoms with Gasteiger partial charge in [-0.3, -0.25) is 0 Å². The van der Waals surface area contributed by atoms with Crippen molar-refractivity contribution >= 4 is 20.9 Å². The second-order valence-electron chi connectivity index (χ2n) is 8.64. The summed E-state index contributed by atoms with van der Waals surface area (Å²) in [6, 6.07) is 24.6. The van der Waals surface area contributed by atoms with E-state index in [1.807, 2.05) is 54.6 Å². The van der Waals surface area contributed by atoms with Crippen LogP contribution in [0.15, 0.2) is 90.0 Å². The van der Waals surface area contributed by atoms with Gasteiger partial charge < -0.3 is 10.1 Å². The Bertz CT molecular complexity index is 1340. The van der Waals surface area contributed by atoms with E-state index in [0.717, 1.165) is 41.6 Å². The lowest BCUT2D eigenvalue weighted by Crippen LogP contribution is -2.27. The molecular weight excluding hydrogens is 432 g/mol. The number of hydrogen-bond donors (Lipinski definition) is 1. The van der Waals surface area contributed by atoms with E-state index >= 15 is 0 Å². The molecule has 33 heavy (non-hydrogen) atoms. The summed E-state index contributed by atoms with van der Waals surface area (Å²) in [7, 11) is -3.71. The van der Waals surface area contributed by atoms with E-state index in [4.69, 9.17) is 4.74 Å². The van der Waals surface area contributed by atoms with E-state index in [1.165, 1.54) is 3.97 Å².